The fraction of sp³-hybridized carbons (Fsp3) is 0.381. The van der Waals surface area contributed by atoms with Crippen molar-refractivity contribution in [2.75, 3.05) is 34.8 Å². The molecule has 0 radical (unpaired) electrons. The maximum Gasteiger partial charge on any atom is 0.191 e. The molecule has 2 aromatic carbocycles. The summed E-state index contributed by atoms with van der Waals surface area (Å²) in [5, 5.41) is 6.89. The van der Waals surface area contributed by atoms with Crippen LogP contribution in [-0.2, 0) is 0 Å². The Bertz CT molecular complexity index is 689. The van der Waals surface area contributed by atoms with Crippen LogP contribution >= 0.6 is 24.0 Å². The van der Waals surface area contributed by atoms with Gasteiger partial charge < -0.3 is 20.3 Å². The first-order chi connectivity index (χ1) is 12.5. The highest BCUT2D eigenvalue weighted by atomic mass is 127. The number of rotatable bonds is 7. The SMILES string of the molecule is CN=C(NCC(c1ccc(OC)cc1)N(C)C)NC(C)c1ccccc1.I. The van der Waals surface area contributed by atoms with Gasteiger partial charge in [0.25, 0.3) is 0 Å². The van der Waals surface area contributed by atoms with Gasteiger partial charge in [-0.15, -0.1) is 24.0 Å². The molecule has 148 valence electrons. The zero-order valence-electron chi connectivity index (χ0n) is 16.8. The van der Waals surface area contributed by atoms with E-state index >= 15 is 0 Å². The van der Waals surface area contributed by atoms with Gasteiger partial charge in [-0.1, -0.05) is 42.5 Å². The highest BCUT2D eigenvalue weighted by Crippen LogP contribution is 2.20. The summed E-state index contributed by atoms with van der Waals surface area (Å²) >= 11 is 0. The van der Waals surface area contributed by atoms with Gasteiger partial charge in [-0.2, -0.15) is 0 Å². The lowest BCUT2D eigenvalue weighted by molar-refractivity contribution is 0.297. The largest absolute Gasteiger partial charge is 0.497 e. The third-order valence-corrected chi connectivity index (χ3v) is 4.46. The van der Waals surface area contributed by atoms with Gasteiger partial charge in [0.05, 0.1) is 19.2 Å². The number of aliphatic imine (C=N–C) groups is 1. The van der Waals surface area contributed by atoms with Crippen LogP contribution in [0.4, 0.5) is 0 Å². The molecule has 2 rings (SSSR count). The monoisotopic (exact) mass is 482 g/mol. The zero-order chi connectivity index (χ0) is 18.9. The van der Waals surface area contributed by atoms with E-state index in [4.69, 9.17) is 4.74 Å². The maximum atomic E-state index is 5.25. The Balaban J connectivity index is 0.00000364. The Labute approximate surface area is 180 Å². The number of nitrogens with zero attached hydrogens (tertiary/aromatic N) is 2. The number of halogens is 1. The lowest BCUT2D eigenvalue weighted by Gasteiger charge is -2.27. The van der Waals surface area contributed by atoms with E-state index < -0.39 is 0 Å². The fourth-order valence-corrected chi connectivity index (χ4v) is 2.84. The molecule has 0 spiro atoms. The van der Waals surface area contributed by atoms with Crippen molar-refractivity contribution in [3.05, 3.63) is 65.7 Å². The summed E-state index contributed by atoms with van der Waals surface area (Å²) < 4.78 is 5.25. The normalized spacial score (nSPS) is 13.5. The van der Waals surface area contributed by atoms with Gasteiger partial charge in [0.2, 0.25) is 0 Å². The smallest absolute Gasteiger partial charge is 0.191 e. The number of likely N-dealkylation sites (N-methyl/N-ethyl adjacent to an activating group) is 1. The van der Waals surface area contributed by atoms with Gasteiger partial charge in [0, 0.05) is 13.6 Å². The van der Waals surface area contributed by atoms with Crippen LogP contribution < -0.4 is 15.4 Å². The molecule has 2 aromatic rings. The van der Waals surface area contributed by atoms with E-state index in [1.807, 2.05) is 18.2 Å². The van der Waals surface area contributed by atoms with Crippen LogP contribution in [0.5, 0.6) is 5.75 Å². The Kier molecular flexibility index (Phi) is 10.2. The van der Waals surface area contributed by atoms with E-state index in [0.29, 0.717) is 0 Å². The molecule has 5 nitrogen and oxygen atoms in total. The fourth-order valence-electron chi connectivity index (χ4n) is 2.84. The second-order valence-electron chi connectivity index (χ2n) is 6.48. The number of hydrogen-bond donors (Lipinski definition) is 2. The molecule has 2 atom stereocenters. The van der Waals surface area contributed by atoms with E-state index in [0.717, 1.165) is 18.3 Å². The minimum Gasteiger partial charge on any atom is -0.497 e. The number of ether oxygens (including phenoxy) is 1. The molecule has 0 fully saturated rings. The number of guanidine groups is 1. The summed E-state index contributed by atoms with van der Waals surface area (Å²) in [6.07, 6.45) is 0. The van der Waals surface area contributed by atoms with Crippen molar-refractivity contribution in [3.63, 3.8) is 0 Å². The minimum atomic E-state index is 0. The van der Waals surface area contributed by atoms with Crippen molar-refractivity contribution in [2.24, 2.45) is 4.99 Å². The highest BCUT2D eigenvalue weighted by Gasteiger charge is 2.15. The molecular formula is C21H31IN4O. The Morgan fingerprint density at radius 2 is 1.67 bits per heavy atom. The molecule has 0 saturated heterocycles. The summed E-state index contributed by atoms with van der Waals surface area (Å²) in [6, 6.07) is 19.0. The van der Waals surface area contributed by atoms with Gasteiger partial charge in [0.1, 0.15) is 5.75 Å². The first-order valence-electron chi connectivity index (χ1n) is 8.87. The molecule has 6 heteroatoms. The van der Waals surface area contributed by atoms with Crippen molar-refractivity contribution in [2.45, 2.75) is 19.0 Å². The lowest BCUT2D eigenvalue weighted by atomic mass is 10.1. The first kappa shape index (κ1) is 23.2. The van der Waals surface area contributed by atoms with Crippen molar-refractivity contribution in [1.82, 2.24) is 15.5 Å². The van der Waals surface area contributed by atoms with Gasteiger partial charge in [-0.25, -0.2) is 0 Å². The highest BCUT2D eigenvalue weighted by molar-refractivity contribution is 14.0. The second kappa shape index (κ2) is 11.8. The van der Waals surface area contributed by atoms with Gasteiger partial charge >= 0.3 is 0 Å². The third kappa shape index (κ3) is 7.03. The van der Waals surface area contributed by atoms with Crippen LogP contribution in [0.2, 0.25) is 0 Å². The molecule has 0 aliphatic heterocycles. The van der Waals surface area contributed by atoms with Crippen LogP contribution in [-0.4, -0.2) is 45.7 Å². The average Bonchev–Trinajstić information content (AvgIpc) is 2.68. The van der Waals surface area contributed by atoms with Gasteiger partial charge in [-0.3, -0.25) is 4.99 Å². The van der Waals surface area contributed by atoms with E-state index in [1.165, 1.54) is 11.1 Å². The minimum absolute atomic E-state index is 0. The number of hydrogen-bond acceptors (Lipinski definition) is 3. The van der Waals surface area contributed by atoms with E-state index in [-0.39, 0.29) is 36.1 Å². The Hall–Kier alpha value is -1.80. The van der Waals surface area contributed by atoms with E-state index in [9.17, 15) is 0 Å². The molecule has 2 N–H and O–H groups in total. The molecule has 2 unspecified atom stereocenters. The van der Waals surface area contributed by atoms with Crippen molar-refractivity contribution in [1.29, 1.82) is 0 Å². The topological polar surface area (TPSA) is 48.9 Å². The van der Waals surface area contributed by atoms with Crippen LogP contribution in [0.1, 0.15) is 30.1 Å². The third-order valence-electron chi connectivity index (χ3n) is 4.46. The van der Waals surface area contributed by atoms with Crippen LogP contribution in [0.3, 0.4) is 0 Å². The summed E-state index contributed by atoms with van der Waals surface area (Å²) in [7, 11) is 7.65. The molecule has 0 aliphatic carbocycles. The van der Waals surface area contributed by atoms with E-state index in [2.05, 4.69) is 77.9 Å². The summed E-state index contributed by atoms with van der Waals surface area (Å²) in [6.45, 7) is 2.88. The maximum absolute atomic E-state index is 5.25. The summed E-state index contributed by atoms with van der Waals surface area (Å²) in [4.78, 5) is 6.56. The molecule has 27 heavy (non-hydrogen) atoms. The standard InChI is InChI=1S/C21H30N4O.HI/c1-16(17-9-7-6-8-10-17)24-21(22-2)23-15-20(25(3)4)18-11-13-19(26-5)14-12-18;/h6-14,16,20H,15H2,1-5H3,(H2,22,23,24);1H. The Morgan fingerprint density at radius 3 is 2.19 bits per heavy atom. The number of nitrogens with one attached hydrogen (secondary N) is 2. The molecule has 0 saturated carbocycles. The van der Waals surface area contributed by atoms with Crippen molar-refractivity contribution in [3.8, 4) is 5.75 Å². The predicted molar refractivity (Wildman–Crippen MR) is 124 cm³/mol. The molecule has 0 amide bonds. The number of methoxy groups -OCH3 is 1. The quantitative estimate of drug-likeness (QED) is 0.358. The zero-order valence-corrected chi connectivity index (χ0v) is 19.1. The molecular weight excluding hydrogens is 451 g/mol. The van der Waals surface area contributed by atoms with Crippen LogP contribution in [0.25, 0.3) is 0 Å². The molecule has 0 aliphatic rings. The summed E-state index contributed by atoms with van der Waals surface area (Å²) in [5.41, 5.74) is 2.46. The van der Waals surface area contributed by atoms with Crippen molar-refractivity contribution >= 4 is 29.9 Å². The van der Waals surface area contributed by atoms with Gasteiger partial charge in [-0.05, 0) is 44.3 Å². The van der Waals surface area contributed by atoms with Crippen molar-refractivity contribution < 1.29 is 4.74 Å². The predicted octanol–water partition coefficient (Wildman–Crippen LogP) is 3.84. The second-order valence-corrected chi connectivity index (χ2v) is 6.48. The van der Waals surface area contributed by atoms with Crippen LogP contribution in [0.15, 0.2) is 59.6 Å². The Morgan fingerprint density at radius 1 is 1.04 bits per heavy atom. The van der Waals surface area contributed by atoms with Gasteiger partial charge in [0.15, 0.2) is 5.96 Å². The molecule has 0 bridgehead atoms. The molecule has 0 aromatic heterocycles. The molecule has 0 heterocycles. The van der Waals surface area contributed by atoms with Crippen LogP contribution in [0, 0.1) is 0 Å². The lowest BCUT2D eigenvalue weighted by Crippen LogP contribution is -2.42. The summed E-state index contributed by atoms with van der Waals surface area (Å²) in [5.74, 6) is 1.66. The first-order valence-corrected chi connectivity index (χ1v) is 8.87. The number of benzene rings is 2. The van der Waals surface area contributed by atoms with E-state index in [1.54, 1.807) is 14.2 Å². The average molecular weight is 482 g/mol.